The van der Waals surface area contributed by atoms with E-state index in [4.69, 9.17) is 0 Å². The average molecular weight is 165 g/mol. The molecule has 2 heterocycles. The van der Waals surface area contributed by atoms with Gasteiger partial charge in [0.25, 0.3) is 0 Å². The van der Waals surface area contributed by atoms with Crippen LogP contribution in [0.2, 0.25) is 0 Å². The number of carbonyl (C=O) groups excluding carboxylic acids is 1. The summed E-state index contributed by atoms with van der Waals surface area (Å²) in [7, 11) is 0. The predicted molar refractivity (Wildman–Crippen MR) is 43.9 cm³/mol. The first-order chi connectivity index (χ1) is 5.38. The molecule has 2 nitrogen and oxygen atoms in total. The van der Waals surface area contributed by atoms with Crippen molar-refractivity contribution in [2.24, 2.45) is 0 Å². The smallest absolute Gasteiger partial charge is 0.166 e. The van der Waals surface area contributed by atoms with Crippen LogP contribution in [0.1, 0.15) is 16.8 Å². The second kappa shape index (κ2) is 2.66. The van der Waals surface area contributed by atoms with Crippen molar-refractivity contribution in [1.29, 1.82) is 0 Å². The highest BCUT2D eigenvalue weighted by atomic mass is 32.2. The summed E-state index contributed by atoms with van der Waals surface area (Å²) in [6, 6.07) is 1.90. The molecule has 0 aromatic carbocycles. The lowest BCUT2D eigenvalue weighted by Gasteiger charge is -2.11. The van der Waals surface area contributed by atoms with Crippen LogP contribution in [-0.4, -0.2) is 16.5 Å². The topological polar surface area (TPSA) is 30.0 Å². The summed E-state index contributed by atoms with van der Waals surface area (Å²) in [4.78, 5) is 16.2. The zero-order valence-electron chi connectivity index (χ0n) is 5.91. The number of pyridine rings is 1. The Balaban J connectivity index is 2.52. The summed E-state index contributed by atoms with van der Waals surface area (Å²) < 4.78 is 0. The lowest BCUT2D eigenvalue weighted by Crippen LogP contribution is -2.07. The van der Waals surface area contributed by atoms with Crippen molar-refractivity contribution >= 4 is 17.5 Å². The predicted octanol–water partition coefficient (Wildman–Crippen LogP) is 1.76. The average Bonchev–Trinajstić information content (AvgIpc) is 2.06. The van der Waals surface area contributed by atoms with Crippen molar-refractivity contribution in [2.75, 3.05) is 5.75 Å². The molecule has 0 fully saturated rings. The number of hydrogen-bond donors (Lipinski definition) is 0. The highest BCUT2D eigenvalue weighted by molar-refractivity contribution is 7.99. The van der Waals surface area contributed by atoms with Crippen LogP contribution < -0.4 is 0 Å². The Morgan fingerprint density at radius 3 is 3.27 bits per heavy atom. The number of ketones is 1. The van der Waals surface area contributed by atoms with Gasteiger partial charge in [0, 0.05) is 35.0 Å². The summed E-state index contributed by atoms with van der Waals surface area (Å²) in [5.74, 6) is 1.14. The number of thioether (sulfide) groups is 1. The van der Waals surface area contributed by atoms with Crippen LogP contribution >= 0.6 is 11.8 Å². The molecule has 1 aromatic rings. The molecule has 0 spiro atoms. The van der Waals surface area contributed by atoms with Gasteiger partial charge in [-0.1, -0.05) is 0 Å². The number of nitrogens with zero attached hydrogens (tertiary/aromatic N) is 1. The lowest BCUT2D eigenvalue weighted by atomic mass is 10.1. The highest BCUT2D eigenvalue weighted by Gasteiger charge is 2.16. The van der Waals surface area contributed by atoms with Crippen molar-refractivity contribution in [1.82, 2.24) is 4.98 Å². The molecule has 56 valence electrons. The Hall–Kier alpha value is -0.830. The zero-order valence-corrected chi connectivity index (χ0v) is 6.73. The quantitative estimate of drug-likeness (QED) is 0.586. The van der Waals surface area contributed by atoms with Crippen LogP contribution in [0, 0.1) is 0 Å². The molecule has 2 rings (SSSR count). The van der Waals surface area contributed by atoms with E-state index in [0.717, 1.165) is 16.2 Å². The maximum absolute atomic E-state index is 11.2. The summed E-state index contributed by atoms with van der Waals surface area (Å²) >= 11 is 1.73. The molecule has 3 heteroatoms. The zero-order chi connectivity index (χ0) is 7.68. The van der Waals surface area contributed by atoms with E-state index in [9.17, 15) is 4.79 Å². The van der Waals surface area contributed by atoms with Crippen LogP contribution in [0.5, 0.6) is 0 Å². The van der Waals surface area contributed by atoms with Crippen LogP contribution in [0.4, 0.5) is 0 Å². The third-order valence-corrected chi connectivity index (χ3v) is 2.74. The van der Waals surface area contributed by atoms with Crippen molar-refractivity contribution in [3.63, 3.8) is 0 Å². The summed E-state index contributed by atoms with van der Waals surface area (Å²) in [6.45, 7) is 0. The number of Topliss-reactive ketones (excluding diaryl/α,β-unsaturated/α-hetero) is 1. The van der Waals surface area contributed by atoms with E-state index in [2.05, 4.69) is 4.98 Å². The molecule has 0 radical (unpaired) electrons. The first-order valence-electron chi connectivity index (χ1n) is 3.48. The van der Waals surface area contributed by atoms with Crippen molar-refractivity contribution in [2.45, 2.75) is 11.3 Å². The Morgan fingerprint density at radius 2 is 2.45 bits per heavy atom. The molecule has 0 atom stereocenters. The lowest BCUT2D eigenvalue weighted by molar-refractivity contribution is 0.0984. The Labute approximate surface area is 69.0 Å². The Morgan fingerprint density at radius 1 is 1.55 bits per heavy atom. The molecule has 11 heavy (non-hydrogen) atoms. The van der Waals surface area contributed by atoms with Crippen LogP contribution in [0.3, 0.4) is 0 Å². The third-order valence-electron chi connectivity index (χ3n) is 1.67. The third kappa shape index (κ3) is 1.16. The van der Waals surface area contributed by atoms with Gasteiger partial charge in [0.1, 0.15) is 0 Å². The van der Waals surface area contributed by atoms with Gasteiger partial charge in [-0.3, -0.25) is 9.78 Å². The normalized spacial score (nSPS) is 16.2. The number of carbonyl (C=O) groups is 1. The SMILES string of the molecule is O=C1CCSc2ccncc21. The summed E-state index contributed by atoms with van der Waals surface area (Å²) in [5, 5.41) is 0. The molecule has 1 aliphatic rings. The molecule has 0 amide bonds. The number of aromatic nitrogens is 1. The van der Waals surface area contributed by atoms with Crippen molar-refractivity contribution in [3.05, 3.63) is 24.0 Å². The van der Waals surface area contributed by atoms with Gasteiger partial charge in [-0.25, -0.2) is 0 Å². The minimum absolute atomic E-state index is 0.229. The molecular weight excluding hydrogens is 158 g/mol. The van der Waals surface area contributed by atoms with E-state index in [1.807, 2.05) is 6.07 Å². The maximum Gasteiger partial charge on any atom is 0.166 e. The second-order valence-electron chi connectivity index (χ2n) is 2.39. The van der Waals surface area contributed by atoms with E-state index in [1.54, 1.807) is 24.2 Å². The molecular formula is C8H7NOS. The Kier molecular flexibility index (Phi) is 1.66. The van der Waals surface area contributed by atoms with Crippen LogP contribution in [0.25, 0.3) is 0 Å². The first kappa shape index (κ1) is 6.85. The van der Waals surface area contributed by atoms with E-state index in [0.29, 0.717) is 6.42 Å². The van der Waals surface area contributed by atoms with Gasteiger partial charge in [-0.15, -0.1) is 11.8 Å². The molecule has 0 bridgehead atoms. The largest absolute Gasteiger partial charge is 0.294 e. The van der Waals surface area contributed by atoms with Gasteiger partial charge < -0.3 is 0 Å². The van der Waals surface area contributed by atoms with Gasteiger partial charge in [0.15, 0.2) is 5.78 Å². The van der Waals surface area contributed by atoms with Crippen LogP contribution in [-0.2, 0) is 0 Å². The fraction of sp³-hybridized carbons (Fsp3) is 0.250. The molecule has 0 unspecified atom stereocenters. The molecule has 1 aliphatic heterocycles. The molecule has 1 aromatic heterocycles. The minimum Gasteiger partial charge on any atom is -0.294 e. The van der Waals surface area contributed by atoms with Gasteiger partial charge in [-0.05, 0) is 6.07 Å². The Bertz CT molecular complexity index is 298. The van der Waals surface area contributed by atoms with E-state index in [1.165, 1.54) is 0 Å². The second-order valence-corrected chi connectivity index (χ2v) is 3.53. The van der Waals surface area contributed by atoms with Crippen molar-refractivity contribution in [3.8, 4) is 0 Å². The number of fused-ring (bicyclic) bond motifs is 1. The summed E-state index contributed by atoms with van der Waals surface area (Å²) in [5.41, 5.74) is 0.795. The minimum atomic E-state index is 0.229. The van der Waals surface area contributed by atoms with Gasteiger partial charge in [-0.2, -0.15) is 0 Å². The number of rotatable bonds is 0. The van der Waals surface area contributed by atoms with Gasteiger partial charge in [0.2, 0.25) is 0 Å². The van der Waals surface area contributed by atoms with Crippen molar-refractivity contribution < 1.29 is 4.79 Å². The summed E-state index contributed by atoms with van der Waals surface area (Å²) in [6.07, 6.45) is 4.04. The van der Waals surface area contributed by atoms with Crippen LogP contribution in [0.15, 0.2) is 23.4 Å². The monoisotopic (exact) mass is 165 g/mol. The number of hydrogen-bond acceptors (Lipinski definition) is 3. The maximum atomic E-state index is 11.2. The van der Waals surface area contributed by atoms with Gasteiger partial charge >= 0.3 is 0 Å². The molecule has 0 N–H and O–H groups in total. The van der Waals surface area contributed by atoms with E-state index < -0.39 is 0 Å². The van der Waals surface area contributed by atoms with E-state index >= 15 is 0 Å². The van der Waals surface area contributed by atoms with Gasteiger partial charge in [0.05, 0.1) is 0 Å². The fourth-order valence-corrected chi connectivity index (χ4v) is 2.09. The standard InChI is InChI=1S/C8H7NOS/c10-7-2-4-11-8-1-3-9-5-6(7)8/h1,3,5H,2,4H2. The molecule has 0 saturated heterocycles. The van der Waals surface area contributed by atoms with E-state index in [-0.39, 0.29) is 5.78 Å². The molecule has 0 saturated carbocycles. The fourth-order valence-electron chi connectivity index (χ4n) is 1.11. The molecule has 0 aliphatic carbocycles. The highest BCUT2D eigenvalue weighted by Crippen LogP contribution is 2.28. The first-order valence-corrected chi connectivity index (χ1v) is 4.46.